The van der Waals surface area contributed by atoms with Crippen LogP contribution in [0.5, 0.6) is 5.75 Å². The summed E-state index contributed by atoms with van der Waals surface area (Å²) in [5.74, 6) is 0.835. The van der Waals surface area contributed by atoms with E-state index in [9.17, 15) is 0 Å². The van der Waals surface area contributed by atoms with Crippen molar-refractivity contribution in [2.45, 2.75) is 6.10 Å². The van der Waals surface area contributed by atoms with Gasteiger partial charge in [0.2, 0.25) is 0 Å². The van der Waals surface area contributed by atoms with Crippen LogP contribution in [0.4, 0.5) is 0 Å². The zero-order valence-corrected chi connectivity index (χ0v) is 12.0. The third-order valence-electron chi connectivity index (χ3n) is 2.82. The average molecular weight is 307 g/mol. The molecule has 0 aliphatic carbocycles. The van der Waals surface area contributed by atoms with Crippen LogP contribution >= 0.6 is 15.9 Å². The van der Waals surface area contributed by atoms with Crippen LogP contribution in [-0.4, -0.2) is 14.2 Å². The number of ether oxygens (including phenoxy) is 2. The highest BCUT2D eigenvalue weighted by Crippen LogP contribution is 2.32. The predicted molar refractivity (Wildman–Crippen MR) is 76.0 cm³/mol. The van der Waals surface area contributed by atoms with Crippen molar-refractivity contribution in [3.05, 3.63) is 64.1 Å². The molecule has 0 aliphatic heterocycles. The van der Waals surface area contributed by atoms with E-state index in [0.29, 0.717) is 0 Å². The second-order valence-electron chi connectivity index (χ2n) is 3.91. The van der Waals surface area contributed by atoms with Gasteiger partial charge in [-0.2, -0.15) is 0 Å². The minimum Gasteiger partial charge on any atom is -0.497 e. The third kappa shape index (κ3) is 2.74. The summed E-state index contributed by atoms with van der Waals surface area (Å²) >= 11 is 3.56. The van der Waals surface area contributed by atoms with Crippen molar-refractivity contribution in [3.63, 3.8) is 0 Å². The monoisotopic (exact) mass is 306 g/mol. The van der Waals surface area contributed by atoms with Crippen molar-refractivity contribution in [1.82, 2.24) is 0 Å². The Kier molecular flexibility index (Phi) is 4.39. The Morgan fingerprint density at radius 2 is 1.78 bits per heavy atom. The Hall–Kier alpha value is -1.32. The van der Waals surface area contributed by atoms with E-state index in [-0.39, 0.29) is 6.10 Å². The first-order chi connectivity index (χ1) is 8.76. The molecule has 2 aromatic carbocycles. The van der Waals surface area contributed by atoms with E-state index in [0.717, 1.165) is 21.3 Å². The van der Waals surface area contributed by atoms with E-state index >= 15 is 0 Å². The fraction of sp³-hybridized carbons (Fsp3) is 0.200. The van der Waals surface area contributed by atoms with Crippen LogP contribution in [0.2, 0.25) is 0 Å². The first kappa shape index (κ1) is 13.1. The lowest BCUT2D eigenvalue weighted by Crippen LogP contribution is -2.04. The van der Waals surface area contributed by atoms with Gasteiger partial charge in [0.05, 0.1) is 7.11 Å². The van der Waals surface area contributed by atoms with Crippen LogP contribution in [0.3, 0.4) is 0 Å². The summed E-state index contributed by atoms with van der Waals surface area (Å²) in [6.45, 7) is 0. The van der Waals surface area contributed by atoms with Gasteiger partial charge in [0.25, 0.3) is 0 Å². The van der Waals surface area contributed by atoms with Gasteiger partial charge in [-0.25, -0.2) is 0 Å². The molecule has 1 atom stereocenters. The van der Waals surface area contributed by atoms with Gasteiger partial charge in [-0.05, 0) is 29.3 Å². The van der Waals surface area contributed by atoms with E-state index in [1.807, 2.05) is 42.5 Å². The number of methoxy groups -OCH3 is 2. The molecule has 0 saturated heterocycles. The van der Waals surface area contributed by atoms with Gasteiger partial charge in [-0.1, -0.05) is 46.3 Å². The number of halogens is 1. The molecule has 0 saturated carbocycles. The molecule has 2 rings (SSSR count). The fourth-order valence-corrected chi connectivity index (χ4v) is 2.43. The summed E-state index contributed by atoms with van der Waals surface area (Å²) in [5, 5.41) is 0. The zero-order chi connectivity index (χ0) is 13.0. The maximum atomic E-state index is 5.62. The molecule has 3 heteroatoms. The SMILES string of the molecule is COc1cccc([C@H](OC)c2ccccc2Br)c1. The lowest BCUT2D eigenvalue weighted by molar-refractivity contribution is 0.135. The summed E-state index contributed by atoms with van der Waals surface area (Å²) in [5.41, 5.74) is 2.18. The van der Waals surface area contributed by atoms with E-state index in [4.69, 9.17) is 9.47 Å². The van der Waals surface area contributed by atoms with Crippen LogP contribution in [-0.2, 0) is 4.74 Å². The summed E-state index contributed by atoms with van der Waals surface area (Å²) in [7, 11) is 3.38. The normalized spacial score (nSPS) is 12.2. The molecular weight excluding hydrogens is 292 g/mol. The van der Waals surface area contributed by atoms with E-state index < -0.39 is 0 Å². The van der Waals surface area contributed by atoms with Gasteiger partial charge in [-0.15, -0.1) is 0 Å². The van der Waals surface area contributed by atoms with Gasteiger partial charge < -0.3 is 9.47 Å². The van der Waals surface area contributed by atoms with Gasteiger partial charge in [0.15, 0.2) is 0 Å². The van der Waals surface area contributed by atoms with E-state index in [2.05, 4.69) is 22.0 Å². The Balaban J connectivity index is 2.42. The lowest BCUT2D eigenvalue weighted by Gasteiger charge is -2.18. The molecule has 0 radical (unpaired) electrons. The van der Waals surface area contributed by atoms with Gasteiger partial charge in [0.1, 0.15) is 11.9 Å². The third-order valence-corrected chi connectivity index (χ3v) is 3.54. The first-order valence-corrected chi connectivity index (χ1v) is 6.46. The Labute approximate surface area is 116 Å². The van der Waals surface area contributed by atoms with Crippen molar-refractivity contribution >= 4 is 15.9 Å². The highest BCUT2D eigenvalue weighted by Gasteiger charge is 2.16. The number of rotatable bonds is 4. The molecular formula is C15H15BrO2. The van der Waals surface area contributed by atoms with Crippen molar-refractivity contribution in [2.24, 2.45) is 0 Å². The molecule has 0 aromatic heterocycles. The van der Waals surface area contributed by atoms with Crippen molar-refractivity contribution in [3.8, 4) is 5.75 Å². The minimum atomic E-state index is -0.101. The highest BCUT2D eigenvalue weighted by atomic mass is 79.9. The Morgan fingerprint density at radius 3 is 2.44 bits per heavy atom. The summed E-state index contributed by atoms with van der Waals surface area (Å²) in [6, 6.07) is 16.0. The van der Waals surface area contributed by atoms with Crippen LogP contribution < -0.4 is 4.74 Å². The molecule has 0 unspecified atom stereocenters. The van der Waals surface area contributed by atoms with Gasteiger partial charge in [0, 0.05) is 11.6 Å². The molecule has 0 spiro atoms. The molecule has 2 aromatic rings. The Morgan fingerprint density at radius 1 is 1.00 bits per heavy atom. The van der Waals surface area contributed by atoms with Gasteiger partial charge in [-0.3, -0.25) is 0 Å². The summed E-state index contributed by atoms with van der Waals surface area (Å²) < 4.78 is 11.9. The average Bonchev–Trinajstić information content (AvgIpc) is 2.42. The fourth-order valence-electron chi connectivity index (χ4n) is 1.93. The van der Waals surface area contributed by atoms with Gasteiger partial charge >= 0.3 is 0 Å². The molecule has 0 aliphatic rings. The maximum Gasteiger partial charge on any atom is 0.119 e. The minimum absolute atomic E-state index is 0.101. The quantitative estimate of drug-likeness (QED) is 0.843. The van der Waals surface area contributed by atoms with Crippen LogP contribution in [0.1, 0.15) is 17.2 Å². The molecule has 0 bridgehead atoms. The second-order valence-corrected chi connectivity index (χ2v) is 4.77. The largest absolute Gasteiger partial charge is 0.497 e. The molecule has 2 nitrogen and oxygen atoms in total. The van der Waals surface area contributed by atoms with Crippen LogP contribution in [0.15, 0.2) is 53.0 Å². The first-order valence-electron chi connectivity index (χ1n) is 5.67. The standard InChI is InChI=1S/C15H15BrO2/c1-17-12-7-5-6-11(10-12)15(18-2)13-8-3-4-9-14(13)16/h3-10,15H,1-2H3/t15-/m0/s1. The maximum absolute atomic E-state index is 5.62. The van der Waals surface area contributed by atoms with E-state index in [1.54, 1.807) is 14.2 Å². The number of benzene rings is 2. The molecule has 0 fully saturated rings. The van der Waals surface area contributed by atoms with Crippen molar-refractivity contribution in [1.29, 1.82) is 0 Å². The number of hydrogen-bond acceptors (Lipinski definition) is 2. The van der Waals surface area contributed by atoms with Crippen LogP contribution in [0.25, 0.3) is 0 Å². The topological polar surface area (TPSA) is 18.5 Å². The molecule has 0 amide bonds. The molecule has 94 valence electrons. The summed E-state index contributed by atoms with van der Waals surface area (Å²) in [4.78, 5) is 0. The van der Waals surface area contributed by atoms with Crippen molar-refractivity contribution < 1.29 is 9.47 Å². The second kappa shape index (κ2) is 6.03. The molecule has 18 heavy (non-hydrogen) atoms. The molecule has 0 heterocycles. The summed E-state index contributed by atoms with van der Waals surface area (Å²) in [6.07, 6.45) is -0.101. The van der Waals surface area contributed by atoms with Crippen LogP contribution in [0, 0.1) is 0 Å². The van der Waals surface area contributed by atoms with E-state index in [1.165, 1.54) is 0 Å². The predicted octanol–water partition coefficient (Wildman–Crippen LogP) is 4.19. The smallest absolute Gasteiger partial charge is 0.119 e. The highest BCUT2D eigenvalue weighted by molar-refractivity contribution is 9.10. The number of hydrogen-bond donors (Lipinski definition) is 0. The molecule has 0 N–H and O–H groups in total. The zero-order valence-electron chi connectivity index (χ0n) is 10.4. The van der Waals surface area contributed by atoms with Crippen molar-refractivity contribution in [2.75, 3.05) is 14.2 Å². The lowest BCUT2D eigenvalue weighted by atomic mass is 10.0. The Bertz CT molecular complexity index is 525.